The number of aromatic nitrogens is 1. The Labute approximate surface area is 104 Å². The number of aryl methyl sites for hydroxylation is 2. The maximum Gasteiger partial charge on any atom is 0.131 e. The maximum atomic E-state index is 6.06. The first kappa shape index (κ1) is 11.4. The molecule has 84 valence electrons. The van der Waals surface area contributed by atoms with Gasteiger partial charge in [0.25, 0.3) is 0 Å². The molecule has 0 radical (unpaired) electrons. The zero-order valence-electron chi connectivity index (χ0n) is 9.37. The maximum absolute atomic E-state index is 6.06. The van der Waals surface area contributed by atoms with Gasteiger partial charge >= 0.3 is 0 Å². The van der Waals surface area contributed by atoms with Crippen molar-refractivity contribution in [2.24, 2.45) is 0 Å². The van der Waals surface area contributed by atoms with Crippen LogP contribution in [0.25, 0.3) is 11.3 Å². The molecule has 1 aromatic heterocycles. The van der Waals surface area contributed by atoms with E-state index in [1.807, 2.05) is 31.4 Å². The molecular weight excluding hydrogens is 242 g/mol. The van der Waals surface area contributed by atoms with Crippen molar-refractivity contribution in [2.75, 3.05) is 7.11 Å². The third kappa shape index (κ3) is 2.06. The second-order valence-corrected chi connectivity index (χ2v) is 5.05. The predicted octanol–water partition coefficient (Wildman–Crippen LogP) is 4.09. The smallest absolute Gasteiger partial charge is 0.131 e. The van der Waals surface area contributed by atoms with Crippen molar-refractivity contribution in [1.29, 1.82) is 0 Å². The van der Waals surface area contributed by atoms with Gasteiger partial charge in [-0.3, -0.25) is 0 Å². The molecule has 0 amide bonds. The number of rotatable bonds is 2. The number of hydrogen-bond donors (Lipinski definition) is 0. The Balaban J connectivity index is 2.63. The highest BCUT2D eigenvalue weighted by Crippen LogP contribution is 2.35. The Hall–Kier alpha value is -1.06. The highest BCUT2D eigenvalue weighted by Gasteiger charge is 2.12. The van der Waals surface area contributed by atoms with Crippen molar-refractivity contribution in [3.63, 3.8) is 0 Å². The van der Waals surface area contributed by atoms with Gasteiger partial charge in [0.15, 0.2) is 0 Å². The molecule has 2 nitrogen and oxygen atoms in total. The molecule has 0 aliphatic carbocycles. The third-order valence-electron chi connectivity index (χ3n) is 2.34. The van der Waals surface area contributed by atoms with Crippen molar-refractivity contribution < 1.29 is 4.74 Å². The van der Waals surface area contributed by atoms with E-state index >= 15 is 0 Å². The van der Waals surface area contributed by atoms with Crippen LogP contribution in [0.3, 0.4) is 0 Å². The van der Waals surface area contributed by atoms with E-state index in [4.69, 9.17) is 16.3 Å². The number of halogens is 1. The summed E-state index contributed by atoms with van der Waals surface area (Å²) in [5, 5.41) is 3.76. The van der Waals surface area contributed by atoms with E-state index in [1.165, 1.54) is 0 Å². The molecule has 1 heterocycles. The van der Waals surface area contributed by atoms with E-state index < -0.39 is 0 Å². The van der Waals surface area contributed by atoms with Crippen molar-refractivity contribution in [1.82, 2.24) is 4.98 Å². The lowest BCUT2D eigenvalue weighted by molar-refractivity contribution is 0.413. The van der Waals surface area contributed by atoms with E-state index in [9.17, 15) is 0 Å². The lowest BCUT2D eigenvalue weighted by Gasteiger charge is -2.10. The lowest BCUT2D eigenvalue weighted by atomic mass is 10.1. The summed E-state index contributed by atoms with van der Waals surface area (Å²) in [4.78, 5) is 4.45. The molecule has 2 aromatic rings. The topological polar surface area (TPSA) is 22.1 Å². The summed E-state index contributed by atoms with van der Waals surface area (Å²) in [6, 6.07) is 3.78. The van der Waals surface area contributed by atoms with Gasteiger partial charge in [0.05, 0.1) is 17.8 Å². The van der Waals surface area contributed by atoms with Crippen molar-refractivity contribution in [3.05, 3.63) is 33.1 Å². The van der Waals surface area contributed by atoms with Gasteiger partial charge < -0.3 is 4.74 Å². The fraction of sp³-hybridized carbons (Fsp3) is 0.250. The fourth-order valence-corrected chi connectivity index (χ4v) is 2.56. The van der Waals surface area contributed by atoms with Crippen molar-refractivity contribution >= 4 is 22.9 Å². The van der Waals surface area contributed by atoms with E-state index in [0.717, 1.165) is 27.6 Å². The van der Waals surface area contributed by atoms with Crippen LogP contribution >= 0.6 is 22.9 Å². The van der Waals surface area contributed by atoms with Crippen LogP contribution in [0.4, 0.5) is 0 Å². The van der Waals surface area contributed by atoms with E-state index in [-0.39, 0.29) is 0 Å². The number of ether oxygens (including phenoxy) is 1. The molecule has 0 bridgehead atoms. The zero-order chi connectivity index (χ0) is 11.7. The third-order valence-corrected chi connectivity index (χ3v) is 3.33. The van der Waals surface area contributed by atoms with Gasteiger partial charge in [-0.2, -0.15) is 0 Å². The molecule has 2 rings (SSSR count). The molecule has 0 saturated heterocycles. The molecule has 0 atom stereocenters. The average molecular weight is 254 g/mol. The van der Waals surface area contributed by atoms with Crippen LogP contribution in [0.5, 0.6) is 5.75 Å². The van der Waals surface area contributed by atoms with Gasteiger partial charge in [-0.15, -0.1) is 11.3 Å². The number of nitrogens with zero attached hydrogens (tertiary/aromatic N) is 1. The van der Waals surface area contributed by atoms with E-state index in [2.05, 4.69) is 4.98 Å². The van der Waals surface area contributed by atoms with Gasteiger partial charge in [0.1, 0.15) is 5.75 Å². The SMILES string of the molecule is COc1c(C)cc(Cl)cc1-c1csc(C)n1. The average Bonchev–Trinajstić information content (AvgIpc) is 2.63. The highest BCUT2D eigenvalue weighted by molar-refractivity contribution is 7.09. The summed E-state index contributed by atoms with van der Waals surface area (Å²) >= 11 is 7.68. The van der Waals surface area contributed by atoms with Gasteiger partial charge in [-0.05, 0) is 31.5 Å². The van der Waals surface area contributed by atoms with Crippen LogP contribution in [0.1, 0.15) is 10.6 Å². The number of benzene rings is 1. The van der Waals surface area contributed by atoms with Crippen molar-refractivity contribution in [2.45, 2.75) is 13.8 Å². The Bertz CT molecular complexity index is 522. The van der Waals surface area contributed by atoms with Gasteiger partial charge in [0, 0.05) is 16.0 Å². The van der Waals surface area contributed by atoms with Crippen LogP contribution in [-0.4, -0.2) is 12.1 Å². The standard InChI is InChI=1S/C12H12ClNOS/c1-7-4-9(13)5-10(12(7)15-3)11-6-16-8(2)14-11/h4-6H,1-3H3. The fourth-order valence-electron chi connectivity index (χ4n) is 1.68. The predicted molar refractivity (Wildman–Crippen MR) is 68.6 cm³/mol. The van der Waals surface area contributed by atoms with Gasteiger partial charge in [-0.25, -0.2) is 4.98 Å². The Morgan fingerprint density at radius 3 is 2.62 bits per heavy atom. The van der Waals surface area contributed by atoms with Crippen LogP contribution in [-0.2, 0) is 0 Å². The van der Waals surface area contributed by atoms with Crippen molar-refractivity contribution in [3.8, 4) is 17.0 Å². The lowest BCUT2D eigenvalue weighted by Crippen LogP contribution is -1.92. The van der Waals surface area contributed by atoms with Crippen LogP contribution in [0.2, 0.25) is 5.02 Å². The zero-order valence-corrected chi connectivity index (χ0v) is 10.9. The second-order valence-electron chi connectivity index (χ2n) is 3.56. The summed E-state index contributed by atoms with van der Waals surface area (Å²) in [6.45, 7) is 3.96. The normalized spacial score (nSPS) is 10.5. The Kier molecular flexibility index (Phi) is 3.17. The van der Waals surface area contributed by atoms with Gasteiger partial charge in [-0.1, -0.05) is 11.6 Å². The monoisotopic (exact) mass is 253 g/mol. The molecule has 1 aromatic carbocycles. The first-order chi connectivity index (χ1) is 7.61. The largest absolute Gasteiger partial charge is 0.496 e. The number of thiazole rings is 1. The molecule has 0 unspecified atom stereocenters. The summed E-state index contributed by atoms with van der Waals surface area (Å²) in [6.07, 6.45) is 0. The highest BCUT2D eigenvalue weighted by atomic mass is 35.5. The van der Waals surface area contributed by atoms with E-state index in [1.54, 1.807) is 18.4 Å². The Morgan fingerprint density at radius 1 is 1.31 bits per heavy atom. The molecule has 0 fully saturated rings. The molecule has 0 N–H and O–H groups in total. The summed E-state index contributed by atoms with van der Waals surface area (Å²) in [5.41, 5.74) is 2.90. The summed E-state index contributed by atoms with van der Waals surface area (Å²) < 4.78 is 5.40. The minimum absolute atomic E-state index is 0.707. The van der Waals surface area contributed by atoms with E-state index in [0.29, 0.717) is 5.02 Å². The molecule has 0 aliphatic heterocycles. The molecule has 16 heavy (non-hydrogen) atoms. The summed E-state index contributed by atoms with van der Waals surface area (Å²) in [7, 11) is 1.67. The minimum atomic E-state index is 0.707. The van der Waals surface area contributed by atoms with Crippen LogP contribution < -0.4 is 4.74 Å². The number of hydrogen-bond acceptors (Lipinski definition) is 3. The molecule has 0 spiro atoms. The molecule has 0 aliphatic rings. The Morgan fingerprint density at radius 2 is 2.06 bits per heavy atom. The minimum Gasteiger partial charge on any atom is -0.496 e. The van der Waals surface area contributed by atoms with Gasteiger partial charge in [0.2, 0.25) is 0 Å². The molecule has 4 heteroatoms. The second kappa shape index (κ2) is 4.44. The summed E-state index contributed by atoms with van der Waals surface area (Å²) in [5.74, 6) is 0.842. The first-order valence-corrected chi connectivity index (χ1v) is 6.14. The molecule has 0 saturated carbocycles. The molecular formula is C12H12ClNOS. The van der Waals surface area contributed by atoms with Crippen LogP contribution in [0.15, 0.2) is 17.5 Å². The first-order valence-electron chi connectivity index (χ1n) is 4.88. The quantitative estimate of drug-likeness (QED) is 0.804. The van der Waals surface area contributed by atoms with Crippen LogP contribution in [0, 0.1) is 13.8 Å². The number of methoxy groups -OCH3 is 1.